The van der Waals surface area contributed by atoms with Gasteiger partial charge in [0.2, 0.25) is 17.7 Å². The van der Waals surface area contributed by atoms with Crippen LogP contribution < -0.4 is 21.7 Å². The summed E-state index contributed by atoms with van der Waals surface area (Å²) in [6.45, 7) is 1.83. The fraction of sp³-hybridized carbons (Fsp3) is 0.688. The molecule has 0 saturated carbocycles. The average molecular weight is 420 g/mol. The van der Waals surface area contributed by atoms with E-state index in [1.165, 1.54) is 0 Å². The number of aliphatic hydroxyl groups excluding tert-OH is 2. The molecule has 4 unspecified atom stereocenters. The van der Waals surface area contributed by atoms with Gasteiger partial charge in [-0.05, 0) is 12.3 Å². The molecule has 9 N–H and O–H groups in total. The number of hydrogen-bond acceptors (Lipinski definition) is 8. The molecule has 0 spiro atoms. The van der Waals surface area contributed by atoms with Crippen LogP contribution >= 0.6 is 0 Å². The zero-order valence-electron chi connectivity index (χ0n) is 16.1. The van der Waals surface area contributed by atoms with Crippen LogP contribution in [0.25, 0.3) is 0 Å². The van der Waals surface area contributed by atoms with E-state index in [2.05, 4.69) is 10.6 Å². The first kappa shape index (κ1) is 26.2. The summed E-state index contributed by atoms with van der Waals surface area (Å²) in [5.74, 6) is -5.97. The summed E-state index contributed by atoms with van der Waals surface area (Å²) >= 11 is 0. The molecule has 0 aliphatic carbocycles. The summed E-state index contributed by atoms with van der Waals surface area (Å²) in [7, 11) is 0. The Kier molecular flexibility index (Phi) is 11.4. The summed E-state index contributed by atoms with van der Waals surface area (Å²) in [4.78, 5) is 58.5. The van der Waals surface area contributed by atoms with Crippen molar-refractivity contribution in [3.05, 3.63) is 0 Å². The summed E-state index contributed by atoms with van der Waals surface area (Å²) < 4.78 is 0. The highest BCUT2D eigenvalue weighted by Gasteiger charge is 2.31. The van der Waals surface area contributed by atoms with Crippen molar-refractivity contribution in [2.75, 3.05) is 13.2 Å². The summed E-state index contributed by atoms with van der Waals surface area (Å²) in [6.07, 6.45) is -0.795. The molecule has 0 heterocycles. The molecular formula is C16H28N4O9. The highest BCUT2D eigenvalue weighted by Crippen LogP contribution is 2.06. The van der Waals surface area contributed by atoms with Crippen LogP contribution in [-0.2, 0) is 24.0 Å². The van der Waals surface area contributed by atoms with Crippen LogP contribution in [0.3, 0.4) is 0 Å². The van der Waals surface area contributed by atoms with Crippen LogP contribution in [0.1, 0.15) is 26.7 Å². The first-order valence-electron chi connectivity index (χ1n) is 8.75. The number of carboxylic acids is 2. The number of amides is 3. The summed E-state index contributed by atoms with van der Waals surface area (Å²) in [6, 6.07) is -5.89. The Morgan fingerprint density at radius 3 is 1.69 bits per heavy atom. The first-order valence-corrected chi connectivity index (χ1v) is 8.75. The van der Waals surface area contributed by atoms with Gasteiger partial charge < -0.3 is 42.1 Å². The van der Waals surface area contributed by atoms with E-state index in [9.17, 15) is 34.2 Å². The Morgan fingerprint density at radius 2 is 1.28 bits per heavy atom. The number of aliphatic hydroxyl groups is 2. The van der Waals surface area contributed by atoms with E-state index in [1.807, 2.05) is 5.32 Å². The van der Waals surface area contributed by atoms with Crippen LogP contribution in [0, 0.1) is 5.92 Å². The van der Waals surface area contributed by atoms with Crippen LogP contribution in [0.15, 0.2) is 0 Å². The molecule has 29 heavy (non-hydrogen) atoms. The third-order valence-electron chi connectivity index (χ3n) is 3.68. The predicted molar refractivity (Wildman–Crippen MR) is 97.3 cm³/mol. The number of nitrogens with one attached hydrogen (secondary N) is 3. The molecule has 13 nitrogen and oxygen atoms in total. The lowest BCUT2D eigenvalue weighted by Crippen LogP contribution is -2.58. The molecule has 3 amide bonds. The molecule has 0 saturated heterocycles. The van der Waals surface area contributed by atoms with Gasteiger partial charge in [-0.25, -0.2) is 4.79 Å². The van der Waals surface area contributed by atoms with E-state index >= 15 is 0 Å². The topological polar surface area (TPSA) is 228 Å². The highest BCUT2D eigenvalue weighted by molar-refractivity contribution is 5.95. The van der Waals surface area contributed by atoms with Crippen molar-refractivity contribution in [2.24, 2.45) is 11.7 Å². The molecule has 0 aliphatic heterocycles. The Labute approximate surface area is 166 Å². The first-order chi connectivity index (χ1) is 13.4. The molecule has 166 valence electrons. The van der Waals surface area contributed by atoms with Crippen molar-refractivity contribution >= 4 is 29.7 Å². The van der Waals surface area contributed by atoms with Crippen molar-refractivity contribution in [3.8, 4) is 0 Å². The maximum atomic E-state index is 12.3. The van der Waals surface area contributed by atoms with E-state index in [1.54, 1.807) is 13.8 Å². The quantitative estimate of drug-likeness (QED) is 0.146. The molecule has 0 aromatic carbocycles. The van der Waals surface area contributed by atoms with Crippen molar-refractivity contribution in [2.45, 2.75) is 50.9 Å². The van der Waals surface area contributed by atoms with Crippen LogP contribution in [0.5, 0.6) is 0 Å². The lowest BCUT2D eigenvalue weighted by atomic mass is 10.0. The molecular weight excluding hydrogens is 392 g/mol. The minimum atomic E-state index is -1.66. The number of carboxylic acid groups (broad SMARTS) is 2. The minimum absolute atomic E-state index is 0.0726. The van der Waals surface area contributed by atoms with Gasteiger partial charge in [0.15, 0.2) is 0 Å². The molecule has 0 rings (SSSR count). The normalized spacial score (nSPS) is 15.0. The number of nitrogens with two attached hydrogens (primary N) is 1. The zero-order valence-corrected chi connectivity index (χ0v) is 16.1. The number of aliphatic carboxylic acids is 2. The van der Waals surface area contributed by atoms with Crippen molar-refractivity contribution < 1.29 is 44.4 Å². The maximum absolute atomic E-state index is 12.3. The molecule has 0 aromatic rings. The Bertz CT molecular complexity index is 611. The van der Waals surface area contributed by atoms with Gasteiger partial charge in [0.25, 0.3) is 0 Å². The van der Waals surface area contributed by atoms with Crippen molar-refractivity contribution in [1.29, 1.82) is 0 Å². The number of carbonyl (C=O) groups is 5. The number of carbonyl (C=O) groups excluding carboxylic acids is 3. The molecule has 0 radical (unpaired) electrons. The van der Waals surface area contributed by atoms with E-state index in [4.69, 9.17) is 15.9 Å². The molecule has 0 bridgehead atoms. The molecule has 0 fully saturated rings. The zero-order chi connectivity index (χ0) is 22.7. The van der Waals surface area contributed by atoms with Gasteiger partial charge in [-0.1, -0.05) is 13.8 Å². The summed E-state index contributed by atoms with van der Waals surface area (Å²) in [5, 5.41) is 42.5. The van der Waals surface area contributed by atoms with E-state index < -0.39 is 73.5 Å². The van der Waals surface area contributed by atoms with Gasteiger partial charge in [0.1, 0.15) is 24.2 Å². The monoisotopic (exact) mass is 420 g/mol. The standard InChI is InChI=1S/C16H28N4O9/c1-7(2)3-10(16(28)29)19-14(26)9(4-12(23)24)18-15(27)11(6-22)20-13(25)8(17)5-21/h7-11,21-22H,3-6,17H2,1-2H3,(H,18,27)(H,19,26)(H,20,25)(H,23,24)(H,28,29). The molecule has 13 heteroatoms. The summed E-state index contributed by atoms with van der Waals surface area (Å²) in [5.41, 5.74) is 5.29. The third-order valence-corrected chi connectivity index (χ3v) is 3.68. The lowest BCUT2D eigenvalue weighted by molar-refractivity contribution is -0.144. The van der Waals surface area contributed by atoms with Gasteiger partial charge in [0, 0.05) is 0 Å². The van der Waals surface area contributed by atoms with E-state index in [0.717, 1.165) is 0 Å². The number of hydrogen-bond donors (Lipinski definition) is 8. The van der Waals surface area contributed by atoms with Crippen LogP contribution in [0.2, 0.25) is 0 Å². The Hall–Kier alpha value is -2.77. The maximum Gasteiger partial charge on any atom is 0.326 e. The van der Waals surface area contributed by atoms with Gasteiger partial charge in [-0.3, -0.25) is 19.2 Å². The second-order valence-electron chi connectivity index (χ2n) is 6.72. The fourth-order valence-electron chi connectivity index (χ4n) is 2.18. The van der Waals surface area contributed by atoms with Gasteiger partial charge in [0.05, 0.1) is 19.6 Å². The second kappa shape index (κ2) is 12.6. The van der Waals surface area contributed by atoms with Crippen molar-refractivity contribution in [3.63, 3.8) is 0 Å². The van der Waals surface area contributed by atoms with E-state index in [0.29, 0.717) is 0 Å². The second-order valence-corrected chi connectivity index (χ2v) is 6.72. The Morgan fingerprint density at radius 1 is 0.793 bits per heavy atom. The minimum Gasteiger partial charge on any atom is -0.481 e. The van der Waals surface area contributed by atoms with Gasteiger partial charge in [-0.15, -0.1) is 0 Å². The Balaban J connectivity index is 5.27. The molecule has 0 aromatic heterocycles. The fourth-order valence-corrected chi connectivity index (χ4v) is 2.18. The SMILES string of the molecule is CC(C)CC(NC(=O)C(CC(=O)O)NC(=O)C(CO)NC(=O)C(N)CO)C(=O)O. The predicted octanol–water partition coefficient (Wildman–Crippen LogP) is -3.64. The van der Waals surface area contributed by atoms with Crippen molar-refractivity contribution in [1.82, 2.24) is 16.0 Å². The molecule has 4 atom stereocenters. The smallest absolute Gasteiger partial charge is 0.326 e. The lowest BCUT2D eigenvalue weighted by Gasteiger charge is -2.24. The van der Waals surface area contributed by atoms with Crippen LogP contribution in [-0.4, -0.2) is 87.5 Å². The highest BCUT2D eigenvalue weighted by atomic mass is 16.4. The van der Waals surface area contributed by atoms with Gasteiger partial charge in [-0.2, -0.15) is 0 Å². The largest absolute Gasteiger partial charge is 0.481 e. The third kappa shape index (κ3) is 9.82. The average Bonchev–Trinajstić information content (AvgIpc) is 2.62. The molecule has 0 aliphatic rings. The number of rotatable bonds is 13. The van der Waals surface area contributed by atoms with E-state index in [-0.39, 0.29) is 12.3 Å². The van der Waals surface area contributed by atoms with Crippen LogP contribution in [0.4, 0.5) is 0 Å². The van der Waals surface area contributed by atoms with Gasteiger partial charge >= 0.3 is 11.9 Å².